The Labute approximate surface area is 299 Å². The van der Waals surface area contributed by atoms with Gasteiger partial charge in [-0.3, -0.25) is 34.3 Å². The van der Waals surface area contributed by atoms with Gasteiger partial charge in [-0.25, -0.2) is 0 Å². The van der Waals surface area contributed by atoms with Gasteiger partial charge in [0.1, 0.15) is 23.4 Å². The molecule has 3 fully saturated rings. The number of rotatable bonds is 13. The summed E-state index contributed by atoms with van der Waals surface area (Å²) in [7, 11) is 1.53. The lowest BCUT2D eigenvalue weighted by molar-refractivity contribution is -0.145. The van der Waals surface area contributed by atoms with Crippen molar-refractivity contribution in [3.05, 3.63) is 34.9 Å². The zero-order valence-corrected chi connectivity index (χ0v) is 30.6. The SMILES string of the molecule is CCC[C@H](NC(=O)[C@@H]1C[C@]2(C=C(c3ccc(OC)c(Cl)c3)NO2)CN1C(=O)[C@@H](NC(=O)CC1CCCCC1)C(C)(C)C)C(=O)C(=O)NC1CC1. The van der Waals surface area contributed by atoms with Crippen LogP contribution in [-0.4, -0.2) is 77.7 Å². The third-order valence-electron chi connectivity index (χ3n) is 10.1. The number of hydrogen-bond acceptors (Lipinski definition) is 8. The van der Waals surface area contributed by atoms with Crippen molar-refractivity contribution < 1.29 is 33.5 Å². The molecule has 2 aliphatic carbocycles. The van der Waals surface area contributed by atoms with Crippen LogP contribution in [0.2, 0.25) is 5.02 Å². The van der Waals surface area contributed by atoms with Gasteiger partial charge in [-0.15, -0.1) is 0 Å². The second-order valence-electron chi connectivity index (χ2n) is 15.4. The lowest BCUT2D eigenvalue weighted by atomic mass is 9.84. The van der Waals surface area contributed by atoms with Crippen LogP contribution >= 0.6 is 11.6 Å². The van der Waals surface area contributed by atoms with Gasteiger partial charge in [0.25, 0.3) is 5.91 Å². The second-order valence-corrected chi connectivity index (χ2v) is 15.8. The van der Waals surface area contributed by atoms with Gasteiger partial charge in [0.2, 0.25) is 23.5 Å². The molecule has 2 saturated carbocycles. The highest BCUT2D eigenvalue weighted by atomic mass is 35.5. The quantitative estimate of drug-likeness (QED) is 0.222. The maximum atomic E-state index is 14.6. The van der Waals surface area contributed by atoms with Crippen molar-refractivity contribution >= 4 is 46.7 Å². The molecule has 1 spiro atoms. The first kappa shape index (κ1) is 37.6. The normalized spacial score (nSPS) is 23.4. The molecule has 0 aromatic heterocycles. The maximum Gasteiger partial charge on any atom is 0.289 e. The van der Waals surface area contributed by atoms with E-state index in [2.05, 4.69) is 21.4 Å². The summed E-state index contributed by atoms with van der Waals surface area (Å²) in [6.07, 6.45) is 10.1. The number of likely N-dealkylation sites (tertiary alicyclic amines) is 1. The molecule has 274 valence electrons. The first-order valence-electron chi connectivity index (χ1n) is 18.0. The predicted octanol–water partition coefficient (Wildman–Crippen LogP) is 4.20. The summed E-state index contributed by atoms with van der Waals surface area (Å²) in [5, 5.41) is 8.95. The van der Waals surface area contributed by atoms with Crippen LogP contribution in [0.5, 0.6) is 5.75 Å². The summed E-state index contributed by atoms with van der Waals surface area (Å²) < 4.78 is 5.29. The molecule has 13 heteroatoms. The number of amides is 4. The number of hydrogen-bond donors (Lipinski definition) is 4. The van der Waals surface area contributed by atoms with Crippen molar-refractivity contribution in [2.24, 2.45) is 11.3 Å². The Morgan fingerprint density at radius 2 is 1.80 bits per heavy atom. The molecule has 0 radical (unpaired) electrons. The molecule has 2 heterocycles. The van der Waals surface area contributed by atoms with E-state index in [1.807, 2.05) is 39.8 Å². The third kappa shape index (κ3) is 8.98. The Morgan fingerprint density at radius 1 is 1.08 bits per heavy atom. The molecule has 4 N–H and O–H groups in total. The topological polar surface area (TPSA) is 155 Å². The molecule has 0 bridgehead atoms. The van der Waals surface area contributed by atoms with E-state index in [1.54, 1.807) is 12.1 Å². The Balaban J connectivity index is 1.42. The van der Waals surface area contributed by atoms with E-state index in [9.17, 15) is 24.0 Å². The van der Waals surface area contributed by atoms with Crippen LogP contribution in [0.4, 0.5) is 0 Å². The highest BCUT2D eigenvalue weighted by Crippen LogP contribution is 2.40. The number of ether oxygens (including phenoxy) is 1. The number of halogens is 1. The van der Waals surface area contributed by atoms with E-state index >= 15 is 0 Å². The summed E-state index contributed by atoms with van der Waals surface area (Å²) in [6.45, 7) is 7.51. The fraction of sp³-hybridized carbons (Fsp3) is 0.649. The van der Waals surface area contributed by atoms with Crippen LogP contribution in [0.25, 0.3) is 5.70 Å². The molecule has 1 saturated heterocycles. The Hall–Kier alpha value is -3.64. The minimum absolute atomic E-state index is 0.00391. The number of carbonyl (C=O) groups excluding carboxylic acids is 5. The van der Waals surface area contributed by atoms with Gasteiger partial charge < -0.3 is 25.6 Å². The van der Waals surface area contributed by atoms with Crippen LogP contribution in [0, 0.1) is 11.3 Å². The molecule has 50 heavy (non-hydrogen) atoms. The molecule has 1 aromatic rings. The minimum atomic E-state index is -1.11. The highest BCUT2D eigenvalue weighted by molar-refractivity contribution is 6.38. The van der Waals surface area contributed by atoms with Crippen LogP contribution in [0.3, 0.4) is 0 Å². The molecule has 5 rings (SSSR count). The summed E-state index contributed by atoms with van der Waals surface area (Å²) in [5.41, 5.74) is 2.49. The standard InChI is InChI=1S/C37H52ClN5O7/c1-6-10-26(31(45)34(47)39-24-14-15-24)40-33(46)28-20-37(19-27(42-50-37)23-13-16-29(49-5)25(38)18-23)21-43(28)35(48)32(36(2,3)4)41-30(44)17-22-11-8-7-9-12-22/h13,16,18-19,22,24,26,28,32,42H,6-12,14-15,17,20-21H2,1-5H3,(H,39,47)(H,40,46)(H,41,44)/t26-,28-,32+,37+/m0/s1. The number of Topliss-reactive ketones (excluding diaryl/α,β-unsaturated/α-hetero) is 1. The lowest BCUT2D eigenvalue weighted by Gasteiger charge is -2.36. The third-order valence-corrected chi connectivity index (χ3v) is 10.4. The summed E-state index contributed by atoms with van der Waals surface area (Å²) in [6, 6.07) is 2.23. The zero-order valence-electron chi connectivity index (χ0n) is 29.9. The number of benzene rings is 1. The minimum Gasteiger partial charge on any atom is -0.495 e. The van der Waals surface area contributed by atoms with E-state index < -0.39 is 52.6 Å². The Bertz CT molecular complexity index is 1500. The van der Waals surface area contributed by atoms with Gasteiger partial charge in [-0.05, 0) is 67.7 Å². The molecular weight excluding hydrogens is 662 g/mol. The van der Waals surface area contributed by atoms with Crippen molar-refractivity contribution in [2.75, 3.05) is 13.7 Å². The monoisotopic (exact) mass is 713 g/mol. The van der Waals surface area contributed by atoms with Crippen molar-refractivity contribution in [3.63, 3.8) is 0 Å². The second kappa shape index (κ2) is 15.7. The number of nitrogens with zero attached hydrogens (tertiary/aromatic N) is 1. The lowest BCUT2D eigenvalue weighted by Crippen LogP contribution is -2.59. The summed E-state index contributed by atoms with van der Waals surface area (Å²) >= 11 is 6.40. The van der Waals surface area contributed by atoms with Crippen molar-refractivity contribution in [1.29, 1.82) is 0 Å². The molecular formula is C37H52ClN5O7. The average Bonchev–Trinajstić information content (AvgIpc) is 3.67. The van der Waals surface area contributed by atoms with Crippen LogP contribution in [0.15, 0.2) is 24.3 Å². The van der Waals surface area contributed by atoms with Gasteiger partial charge in [0.15, 0.2) is 0 Å². The van der Waals surface area contributed by atoms with E-state index in [0.717, 1.165) is 44.1 Å². The molecule has 4 amide bonds. The smallest absolute Gasteiger partial charge is 0.289 e. The number of hydroxylamine groups is 1. The number of carbonyl (C=O) groups is 5. The van der Waals surface area contributed by atoms with E-state index in [1.165, 1.54) is 18.4 Å². The van der Waals surface area contributed by atoms with E-state index in [4.69, 9.17) is 21.2 Å². The molecule has 1 aromatic carbocycles. The summed E-state index contributed by atoms with van der Waals surface area (Å²) in [4.78, 5) is 75.6. The molecule has 2 aliphatic heterocycles. The fourth-order valence-electron chi connectivity index (χ4n) is 7.16. The first-order valence-corrected chi connectivity index (χ1v) is 18.4. The Kier molecular flexibility index (Phi) is 11.8. The van der Waals surface area contributed by atoms with Gasteiger partial charge in [0, 0.05) is 24.4 Å². The van der Waals surface area contributed by atoms with Gasteiger partial charge in [-0.1, -0.05) is 65.0 Å². The fourth-order valence-corrected chi connectivity index (χ4v) is 7.41. The summed E-state index contributed by atoms with van der Waals surface area (Å²) in [5.74, 6) is -1.81. The van der Waals surface area contributed by atoms with Crippen LogP contribution in [0.1, 0.15) is 104 Å². The zero-order chi connectivity index (χ0) is 36.2. The predicted molar refractivity (Wildman–Crippen MR) is 189 cm³/mol. The number of nitrogens with one attached hydrogen (secondary N) is 4. The van der Waals surface area contributed by atoms with Gasteiger partial charge >= 0.3 is 0 Å². The van der Waals surface area contributed by atoms with Crippen LogP contribution in [-0.2, 0) is 28.8 Å². The van der Waals surface area contributed by atoms with Crippen molar-refractivity contribution in [3.8, 4) is 5.75 Å². The maximum absolute atomic E-state index is 14.6. The largest absolute Gasteiger partial charge is 0.495 e. The van der Waals surface area contributed by atoms with E-state index in [-0.39, 0.29) is 37.3 Å². The number of methoxy groups -OCH3 is 1. The molecule has 12 nitrogen and oxygen atoms in total. The van der Waals surface area contributed by atoms with Gasteiger partial charge in [0.05, 0.1) is 30.4 Å². The molecule has 0 unspecified atom stereocenters. The van der Waals surface area contributed by atoms with Crippen molar-refractivity contribution in [1.82, 2.24) is 26.3 Å². The average molecular weight is 714 g/mol. The molecule has 4 aliphatic rings. The van der Waals surface area contributed by atoms with Gasteiger partial charge in [-0.2, -0.15) is 0 Å². The van der Waals surface area contributed by atoms with E-state index in [0.29, 0.717) is 29.3 Å². The highest BCUT2D eigenvalue weighted by Gasteiger charge is 2.54. The Morgan fingerprint density at radius 3 is 2.42 bits per heavy atom. The number of ketones is 1. The van der Waals surface area contributed by atoms with Crippen molar-refractivity contribution in [2.45, 2.75) is 128 Å². The first-order chi connectivity index (χ1) is 23.7. The van der Waals surface area contributed by atoms with Crippen LogP contribution < -0.4 is 26.2 Å². The molecule has 4 atom stereocenters.